The standard InChI is InChI=1S/C20H24N4O2/c25-12-17-22-23-18(24(17)16-6-7-16)13-10-15(11-13)21-19(26)20(8-9-20)14-4-2-1-3-5-14/h1-5,13,15-16,25H,6-12H2,(H,21,26). The number of nitrogens with one attached hydrogen (secondary N) is 1. The van der Waals surface area contributed by atoms with E-state index < -0.39 is 0 Å². The summed E-state index contributed by atoms with van der Waals surface area (Å²) < 4.78 is 2.13. The van der Waals surface area contributed by atoms with Crippen molar-refractivity contribution in [3.8, 4) is 0 Å². The molecular formula is C20H24N4O2. The average molecular weight is 352 g/mol. The van der Waals surface area contributed by atoms with E-state index in [-0.39, 0.29) is 24.0 Å². The predicted molar refractivity (Wildman–Crippen MR) is 95.5 cm³/mol. The van der Waals surface area contributed by atoms with Crippen LogP contribution in [-0.2, 0) is 16.8 Å². The number of aromatic nitrogens is 3. The summed E-state index contributed by atoms with van der Waals surface area (Å²) in [6.07, 6.45) is 5.98. The molecular weight excluding hydrogens is 328 g/mol. The second-order valence-electron chi connectivity index (χ2n) is 8.02. The van der Waals surface area contributed by atoms with E-state index in [1.165, 1.54) is 0 Å². The van der Waals surface area contributed by atoms with E-state index in [9.17, 15) is 9.90 Å². The van der Waals surface area contributed by atoms with Crippen molar-refractivity contribution >= 4 is 5.91 Å². The first-order chi connectivity index (χ1) is 12.7. The van der Waals surface area contributed by atoms with Crippen molar-refractivity contribution in [1.82, 2.24) is 20.1 Å². The van der Waals surface area contributed by atoms with Gasteiger partial charge in [0.15, 0.2) is 5.82 Å². The Morgan fingerprint density at radius 2 is 1.92 bits per heavy atom. The summed E-state index contributed by atoms with van der Waals surface area (Å²) in [5.74, 6) is 2.18. The van der Waals surface area contributed by atoms with Crippen LogP contribution in [0, 0.1) is 0 Å². The van der Waals surface area contributed by atoms with Gasteiger partial charge < -0.3 is 15.0 Å². The van der Waals surface area contributed by atoms with Crippen LogP contribution in [0.25, 0.3) is 0 Å². The molecule has 1 amide bonds. The van der Waals surface area contributed by atoms with E-state index in [1.54, 1.807) is 0 Å². The minimum atomic E-state index is -0.301. The first-order valence-electron chi connectivity index (χ1n) is 9.62. The molecule has 0 aliphatic heterocycles. The van der Waals surface area contributed by atoms with E-state index >= 15 is 0 Å². The Hall–Kier alpha value is -2.21. The molecule has 6 nitrogen and oxygen atoms in total. The summed E-state index contributed by atoms with van der Waals surface area (Å²) in [7, 11) is 0. The fourth-order valence-corrected chi connectivity index (χ4v) is 4.25. The first-order valence-corrected chi connectivity index (χ1v) is 9.62. The highest BCUT2D eigenvalue weighted by molar-refractivity contribution is 5.91. The maximum atomic E-state index is 12.8. The number of aliphatic hydroxyl groups excluding tert-OH is 1. The Balaban J connectivity index is 1.23. The van der Waals surface area contributed by atoms with Gasteiger partial charge in [0.1, 0.15) is 12.4 Å². The van der Waals surface area contributed by atoms with Crippen LogP contribution < -0.4 is 5.32 Å². The Morgan fingerprint density at radius 3 is 2.54 bits per heavy atom. The molecule has 0 atom stereocenters. The molecule has 0 bridgehead atoms. The van der Waals surface area contributed by atoms with Gasteiger partial charge in [0, 0.05) is 18.0 Å². The van der Waals surface area contributed by atoms with Gasteiger partial charge >= 0.3 is 0 Å². The third-order valence-corrected chi connectivity index (χ3v) is 6.20. The molecule has 1 heterocycles. The monoisotopic (exact) mass is 352 g/mol. The van der Waals surface area contributed by atoms with E-state index in [2.05, 4.69) is 32.2 Å². The molecule has 0 radical (unpaired) electrons. The smallest absolute Gasteiger partial charge is 0.230 e. The van der Waals surface area contributed by atoms with Crippen LogP contribution in [0.1, 0.15) is 67.7 Å². The number of amides is 1. The molecule has 3 aliphatic rings. The van der Waals surface area contributed by atoms with Crippen molar-refractivity contribution in [2.75, 3.05) is 0 Å². The second kappa shape index (κ2) is 5.91. The number of hydrogen-bond donors (Lipinski definition) is 2. The summed E-state index contributed by atoms with van der Waals surface area (Å²) in [6.45, 7) is -0.0595. The summed E-state index contributed by atoms with van der Waals surface area (Å²) >= 11 is 0. The van der Waals surface area contributed by atoms with Gasteiger partial charge in [-0.1, -0.05) is 30.3 Å². The molecule has 0 spiro atoms. The maximum absolute atomic E-state index is 12.8. The molecule has 3 fully saturated rings. The van der Waals surface area contributed by atoms with E-state index in [0.717, 1.165) is 49.9 Å². The number of nitrogens with zero attached hydrogens (tertiary/aromatic N) is 3. The minimum absolute atomic E-state index is 0.0595. The molecule has 0 saturated heterocycles. The van der Waals surface area contributed by atoms with Crippen LogP contribution >= 0.6 is 0 Å². The van der Waals surface area contributed by atoms with Gasteiger partial charge in [-0.2, -0.15) is 0 Å². The van der Waals surface area contributed by atoms with Crippen molar-refractivity contribution in [3.05, 3.63) is 47.5 Å². The van der Waals surface area contributed by atoms with Gasteiger partial charge in [0.25, 0.3) is 0 Å². The van der Waals surface area contributed by atoms with Gasteiger partial charge in [-0.3, -0.25) is 4.79 Å². The lowest BCUT2D eigenvalue weighted by Crippen LogP contribution is -2.47. The van der Waals surface area contributed by atoms with E-state index in [4.69, 9.17) is 0 Å². The zero-order valence-corrected chi connectivity index (χ0v) is 14.8. The number of carbonyl (C=O) groups is 1. The fraction of sp³-hybridized carbons (Fsp3) is 0.550. The van der Waals surface area contributed by atoms with E-state index in [0.29, 0.717) is 17.8 Å². The minimum Gasteiger partial charge on any atom is -0.388 e. The zero-order chi connectivity index (χ0) is 17.7. The number of aliphatic hydroxyl groups is 1. The molecule has 5 rings (SSSR count). The average Bonchev–Trinajstić information content (AvgIpc) is 3.56. The van der Waals surface area contributed by atoms with Gasteiger partial charge in [0.2, 0.25) is 5.91 Å². The largest absolute Gasteiger partial charge is 0.388 e. The molecule has 1 aromatic heterocycles. The van der Waals surface area contributed by atoms with Crippen LogP contribution in [0.2, 0.25) is 0 Å². The van der Waals surface area contributed by atoms with Crippen LogP contribution in [0.3, 0.4) is 0 Å². The van der Waals surface area contributed by atoms with Gasteiger partial charge in [-0.25, -0.2) is 0 Å². The molecule has 2 N–H and O–H groups in total. The lowest BCUT2D eigenvalue weighted by Gasteiger charge is -2.36. The van der Waals surface area contributed by atoms with Crippen molar-refractivity contribution < 1.29 is 9.90 Å². The van der Waals surface area contributed by atoms with Gasteiger partial charge in [-0.05, 0) is 44.1 Å². The van der Waals surface area contributed by atoms with Crippen molar-refractivity contribution in [2.45, 2.75) is 68.5 Å². The van der Waals surface area contributed by atoms with Crippen molar-refractivity contribution in [1.29, 1.82) is 0 Å². The SMILES string of the molecule is O=C(NC1CC(c2nnc(CO)n2C2CC2)C1)C1(c2ccccc2)CC1. The number of rotatable bonds is 6. The van der Waals surface area contributed by atoms with E-state index in [1.807, 2.05) is 18.2 Å². The van der Waals surface area contributed by atoms with Crippen LogP contribution in [-0.4, -0.2) is 31.8 Å². The summed E-state index contributed by atoms with van der Waals surface area (Å²) in [4.78, 5) is 12.8. The molecule has 2 aromatic rings. The lowest BCUT2D eigenvalue weighted by atomic mass is 9.79. The lowest BCUT2D eigenvalue weighted by molar-refractivity contribution is -0.125. The number of hydrogen-bond acceptors (Lipinski definition) is 4. The van der Waals surface area contributed by atoms with Crippen LogP contribution in [0.5, 0.6) is 0 Å². The molecule has 1 aromatic carbocycles. The van der Waals surface area contributed by atoms with Crippen molar-refractivity contribution in [3.63, 3.8) is 0 Å². The Bertz CT molecular complexity index is 818. The fourth-order valence-electron chi connectivity index (χ4n) is 4.25. The maximum Gasteiger partial charge on any atom is 0.230 e. The highest BCUT2D eigenvalue weighted by Crippen LogP contribution is 2.49. The number of benzene rings is 1. The highest BCUT2D eigenvalue weighted by Gasteiger charge is 2.52. The Morgan fingerprint density at radius 1 is 1.19 bits per heavy atom. The summed E-state index contributed by atoms with van der Waals surface area (Å²) in [5.41, 5.74) is 0.833. The molecule has 3 saturated carbocycles. The normalized spacial score (nSPS) is 26.2. The Labute approximate surface area is 152 Å². The van der Waals surface area contributed by atoms with Crippen molar-refractivity contribution in [2.24, 2.45) is 0 Å². The molecule has 3 aliphatic carbocycles. The second-order valence-corrected chi connectivity index (χ2v) is 8.02. The first kappa shape index (κ1) is 16.0. The molecule has 0 unspecified atom stereocenters. The Kier molecular flexibility index (Phi) is 3.64. The quantitative estimate of drug-likeness (QED) is 0.835. The highest BCUT2D eigenvalue weighted by atomic mass is 16.3. The zero-order valence-electron chi connectivity index (χ0n) is 14.8. The third-order valence-electron chi connectivity index (χ3n) is 6.20. The topological polar surface area (TPSA) is 80.0 Å². The molecule has 26 heavy (non-hydrogen) atoms. The third kappa shape index (κ3) is 2.55. The van der Waals surface area contributed by atoms with Gasteiger partial charge in [-0.15, -0.1) is 10.2 Å². The van der Waals surface area contributed by atoms with Gasteiger partial charge in [0.05, 0.1) is 5.41 Å². The summed E-state index contributed by atoms with van der Waals surface area (Å²) in [6, 6.07) is 10.8. The summed E-state index contributed by atoms with van der Waals surface area (Å²) in [5, 5.41) is 21.2. The van der Waals surface area contributed by atoms with Crippen LogP contribution in [0.15, 0.2) is 30.3 Å². The van der Waals surface area contributed by atoms with Crippen LogP contribution in [0.4, 0.5) is 0 Å². The number of carbonyl (C=O) groups excluding carboxylic acids is 1. The molecule has 6 heteroatoms. The predicted octanol–water partition coefficient (Wildman–Crippen LogP) is 2.20. The molecule has 136 valence electrons.